The fourth-order valence-electron chi connectivity index (χ4n) is 2.88. The van der Waals surface area contributed by atoms with Gasteiger partial charge >= 0.3 is 5.97 Å². The minimum Gasteiger partial charge on any atom is -0.462 e. The summed E-state index contributed by atoms with van der Waals surface area (Å²) in [6.07, 6.45) is 0.473. The van der Waals surface area contributed by atoms with E-state index in [9.17, 15) is 14.9 Å². The van der Waals surface area contributed by atoms with Crippen LogP contribution >= 0.6 is 43.6 Å². The summed E-state index contributed by atoms with van der Waals surface area (Å²) in [5.74, 6) is -0.903. The Morgan fingerprint density at radius 2 is 1.93 bits per heavy atom. The summed E-state index contributed by atoms with van der Waals surface area (Å²) in [6.45, 7) is 1.82. The third-order valence-corrected chi connectivity index (χ3v) is 6.44. The topological polar surface area (TPSA) is 70.4 Å². The predicted molar refractivity (Wildman–Crippen MR) is 120 cm³/mol. The van der Waals surface area contributed by atoms with Gasteiger partial charge in [-0.3, -0.25) is 9.69 Å². The zero-order chi connectivity index (χ0) is 21.0. The normalized spacial score (nSPS) is 17.8. The second-order valence-corrected chi connectivity index (χ2v) is 9.13. The van der Waals surface area contributed by atoms with E-state index in [1.54, 1.807) is 19.1 Å². The van der Waals surface area contributed by atoms with Crippen molar-refractivity contribution >= 4 is 61.2 Å². The average Bonchev–Trinajstić information content (AvgIpc) is 2.99. The highest BCUT2D eigenvalue weighted by Gasteiger charge is 2.41. The van der Waals surface area contributed by atoms with Crippen molar-refractivity contribution in [2.45, 2.75) is 18.6 Å². The van der Waals surface area contributed by atoms with Gasteiger partial charge in [0.05, 0.1) is 11.9 Å². The maximum Gasteiger partial charge on any atom is 0.351 e. The average molecular weight is 536 g/mol. The molecule has 0 saturated carbocycles. The number of halogens is 2. The zero-order valence-electron chi connectivity index (χ0n) is 15.4. The third-order valence-electron chi connectivity index (χ3n) is 4.15. The fourth-order valence-corrected chi connectivity index (χ4v) is 4.89. The van der Waals surface area contributed by atoms with E-state index in [1.807, 2.05) is 42.5 Å². The number of nitriles is 1. The van der Waals surface area contributed by atoms with Gasteiger partial charge in [-0.05, 0) is 55.3 Å². The number of nitrogens with zero attached hydrogens (tertiary/aromatic N) is 2. The molecule has 0 N–H and O–H groups in total. The van der Waals surface area contributed by atoms with Crippen LogP contribution in [0.15, 0.2) is 68.1 Å². The predicted octanol–water partition coefficient (Wildman–Crippen LogP) is 5.20. The van der Waals surface area contributed by atoms with Gasteiger partial charge in [0.1, 0.15) is 11.1 Å². The van der Waals surface area contributed by atoms with Crippen molar-refractivity contribution in [1.29, 1.82) is 5.26 Å². The summed E-state index contributed by atoms with van der Waals surface area (Å²) in [6, 6.07) is 16.8. The van der Waals surface area contributed by atoms with Gasteiger partial charge in [0.15, 0.2) is 5.57 Å². The van der Waals surface area contributed by atoms with Crippen molar-refractivity contribution in [3.8, 4) is 6.07 Å². The number of rotatable bonds is 5. The zero-order valence-corrected chi connectivity index (χ0v) is 19.4. The summed E-state index contributed by atoms with van der Waals surface area (Å²) >= 11 is 8.05. The first-order chi connectivity index (χ1) is 13.9. The second kappa shape index (κ2) is 9.61. The molecule has 0 aromatic heterocycles. The first-order valence-corrected chi connectivity index (χ1v) is 11.2. The first kappa shape index (κ1) is 21.6. The van der Waals surface area contributed by atoms with Crippen LogP contribution in [0.3, 0.4) is 0 Å². The molecule has 1 aliphatic rings. The molecule has 1 atom stereocenters. The minimum atomic E-state index is -0.726. The van der Waals surface area contributed by atoms with E-state index < -0.39 is 11.2 Å². The Bertz CT molecular complexity index is 1020. The van der Waals surface area contributed by atoms with E-state index in [0.29, 0.717) is 17.1 Å². The molecule has 2 aromatic rings. The van der Waals surface area contributed by atoms with E-state index in [0.717, 1.165) is 14.5 Å². The van der Waals surface area contributed by atoms with Crippen molar-refractivity contribution in [3.63, 3.8) is 0 Å². The van der Waals surface area contributed by atoms with Gasteiger partial charge in [-0.25, -0.2) is 4.79 Å². The molecule has 0 radical (unpaired) electrons. The highest BCUT2D eigenvalue weighted by Crippen LogP contribution is 2.42. The Morgan fingerprint density at radius 1 is 1.21 bits per heavy atom. The number of hydrogen-bond donors (Lipinski definition) is 0. The first-order valence-electron chi connectivity index (χ1n) is 8.76. The summed E-state index contributed by atoms with van der Waals surface area (Å²) in [4.78, 5) is 27.1. The van der Waals surface area contributed by atoms with Crippen LogP contribution in [0.2, 0.25) is 0 Å². The molecule has 1 aliphatic heterocycles. The number of ether oxygens (including phenoxy) is 1. The highest BCUT2D eigenvalue weighted by atomic mass is 79.9. The van der Waals surface area contributed by atoms with E-state index in [1.165, 1.54) is 16.7 Å². The van der Waals surface area contributed by atoms with E-state index in [-0.39, 0.29) is 18.1 Å². The number of amides is 1. The lowest BCUT2D eigenvalue weighted by atomic mass is 10.1. The molecule has 1 saturated heterocycles. The van der Waals surface area contributed by atoms with Crippen molar-refractivity contribution in [3.05, 3.63) is 73.6 Å². The lowest BCUT2D eigenvalue weighted by Gasteiger charge is -2.18. The van der Waals surface area contributed by atoms with Crippen molar-refractivity contribution in [2.24, 2.45) is 0 Å². The minimum absolute atomic E-state index is 0.148. The van der Waals surface area contributed by atoms with Gasteiger partial charge in [-0.1, -0.05) is 55.8 Å². The standard InChI is InChI=1S/C21H16Br2N2O3S/c1-2-28-21(27)17(12-24)20-25(16-8-6-14(22)7-9-16)19(26)18(29-20)11-13-4-3-5-15(23)10-13/h3-10,18H,2,11H2,1H3/b20-17-/t18-/m0/s1. The molecule has 3 rings (SSSR count). The molecule has 2 aromatic carbocycles. The number of benzene rings is 2. The molecule has 1 fully saturated rings. The van der Waals surface area contributed by atoms with Crippen molar-refractivity contribution < 1.29 is 14.3 Å². The number of carbonyl (C=O) groups excluding carboxylic acids is 2. The van der Waals surface area contributed by atoms with E-state index >= 15 is 0 Å². The summed E-state index contributed by atoms with van der Waals surface area (Å²) in [5, 5.41) is 9.46. The van der Waals surface area contributed by atoms with Gasteiger partial charge in [0.2, 0.25) is 5.91 Å². The number of anilines is 1. The smallest absolute Gasteiger partial charge is 0.351 e. The van der Waals surface area contributed by atoms with Crippen LogP contribution in [0, 0.1) is 11.3 Å². The van der Waals surface area contributed by atoms with Crippen LogP contribution < -0.4 is 4.90 Å². The molecule has 0 unspecified atom stereocenters. The Kier molecular flexibility index (Phi) is 7.17. The van der Waals surface area contributed by atoms with Crippen molar-refractivity contribution in [1.82, 2.24) is 0 Å². The van der Waals surface area contributed by atoms with E-state index in [4.69, 9.17) is 4.74 Å². The second-order valence-electron chi connectivity index (χ2n) is 6.10. The molecule has 1 heterocycles. The maximum absolute atomic E-state index is 13.3. The van der Waals surface area contributed by atoms with Gasteiger partial charge in [0.25, 0.3) is 0 Å². The Balaban J connectivity index is 2.03. The molecule has 0 spiro atoms. The van der Waals surface area contributed by atoms with E-state index in [2.05, 4.69) is 31.9 Å². The molecule has 8 heteroatoms. The van der Waals surface area contributed by atoms with Crippen LogP contribution in [0.4, 0.5) is 5.69 Å². The lowest BCUT2D eigenvalue weighted by Crippen LogP contribution is -2.30. The van der Waals surface area contributed by atoms with Crippen molar-refractivity contribution in [2.75, 3.05) is 11.5 Å². The monoisotopic (exact) mass is 534 g/mol. The quantitative estimate of drug-likeness (QED) is 0.299. The molecule has 0 bridgehead atoms. The summed E-state index contributed by atoms with van der Waals surface area (Å²) < 4.78 is 6.82. The molecule has 5 nitrogen and oxygen atoms in total. The highest BCUT2D eigenvalue weighted by molar-refractivity contribution is 9.10. The largest absolute Gasteiger partial charge is 0.462 e. The van der Waals surface area contributed by atoms with Gasteiger partial charge in [-0.2, -0.15) is 5.26 Å². The summed E-state index contributed by atoms with van der Waals surface area (Å²) in [7, 11) is 0. The Labute approximate surface area is 190 Å². The lowest BCUT2D eigenvalue weighted by molar-refractivity contribution is -0.138. The third kappa shape index (κ3) is 4.92. The van der Waals surface area contributed by atoms with Crippen LogP contribution in [0.5, 0.6) is 0 Å². The molecule has 29 heavy (non-hydrogen) atoms. The number of esters is 1. The van der Waals surface area contributed by atoms with Crippen LogP contribution in [0.25, 0.3) is 0 Å². The Morgan fingerprint density at radius 3 is 2.55 bits per heavy atom. The molecule has 148 valence electrons. The molecule has 1 amide bonds. The number of carbonyl (C=O) groups is 2. The molecular formula is C21H16Br2N2O3S. The number of thioether (sulfide) groups is 1. The Hall–Kier alpha value is -2.08. The SMILES string of the molecule is CCOC(=O)/C(C#N)=C1\S[C@@H](Cc2cccc(Br)c2)C(=O)N1c1ccc(Br)cc1. The maximum atomic E-state index is 13.3. The van der Waals surface area contributed by atoms with Gasteiger partial charge in [-0.15, -0.1) is 0 Å². The molecule has 0 aliphatic carbocycles. The molecular weight excluding hydrogens is 520 g/mol. The summed E-state index contributed by atoms with van der Waals surface area (Å²) in [5.41, 5.74) is 1.41. The van der Waals surface area contributed by atoms with Crippen LogP contribution in [-0.4, -0.2) is 23.7 Å². The van der Waals surface area contributed by atoms with Crippen LogP contribution in [0.1, 0.15) is 12.5 Å². The fraction of sp³-hybridized carbons (Fsp3) is 0.190. The van der Waals surface area contributed by atoms with Gasteiger partial charge in [0, 0.05) is 14.6 Å². The number of hydrogen-bond acceptors (Lipinski definition) is 5. The van der Waals surface area contributed by atoms with Gasteiger partial charge < -0.3 is 4.74 Å². The van der Waals surface area contributed by atoms with Crippen LogP contribution in [-0.2, 0) is 20.7 Å².